The summed E-state index contributed by atoms with van der Waals surface area (Å²) in [5.41, 5.74) is 2.32. The summed E-state index contributed by atoms with van der Waals surface area (Å²) in [5, 5.41) is 13.9. The van der Waals surface area contributed by atoms with Gasteiger partial charge >= 0.3 is 0 Å². The fraction of sp³-hybridized carbons (Fsp3) is 0.263. The van der Waals surface area contributed by atoms with Crippen molar-refractivity contribution in [3.63, 3.8) is 0 Å². The van der Waals surface area contributed by atoms with Crippen molar-refractivity contribution in [1.82, 2.24) is 20.2 Å². The summed E-state index contributed by atoms with van der Waals surface area (Å²) in [6.45, 7) is 0.846. The third kappa shape index (κ3) is 5.04. The molecule has 9 nitrogen and oxygen atoms in total. The molecule has 0 aliphatic heterocycles. The zero-order valence-electron chi connectivity index (χ0n) is 15.7. The van der Waals surface area contributed by atoms with E-state index in [-0.39, 0.29) is 12.3 Å². The van der Waals surface area contributed by atoms with E-state index in [2.05, 4.69) is 20.8 Å². The van der Waals surface area contributed by atoms with Gasteiger partial charge in [-0.2, -0.15) is 0 Å². The lowest BCUT2D eigenvalue weighted by Gasteiger charge is -2.13. The standard InChI is InChI=1S/C19H21N5O4/c1-26-9-10-28-18-12-15(5-8-17(18)27-2)21-19(25)11-14-3-6-16(7-4-14)24-13-20-22-23-24/h3-8,12-13H,9-11H2,1-2H3,(H,21,25). The van der Waals surface area contributed by atoms with Crippen LogP contribution in [0.15, 0.2) is 48.8 Å². The summed E-state index contributed by atoms with van der Waals surface area (Å²) in [4.78, 5) is 12.4. The van der Waals surface area contributed by atoms with E-state index in [1.165, 1.54) is 6.33 Å². The van der Waals surface area contributed by atoms with Crippen LogP contribution in [0.4, 0.5) is 5.69 Å². The molecule has 0 bridgehead atoms. The quantitative estimate of drug-likeness (QED) is 0.563. The van der Waals surface area contributed by atoms with E-state index in [4.69, 9.17) is 14.2 Å². The number of ether oxygens (including phenoxy) is 3. The number of anilines is 1. The number of tetrazole rings is 1. The number of methoxy groups -OCH3 is 2. The van der Waals surface area contributed by atoms with Gasteiger partial charge in [-0.3, -0.25) is 4.79 Å². The van der Waals surface area contributed by atoms with Crippen LogP contribution in [-0.4, -0.2) is 53.5 Å². The van der Waals surface area contributed by atoms with Gasteiger partial charge in [0.2, 0.25) is 5.91 Å². The van der Waals surface area contributed by atoms with Gasteiger partial charge in [0.15, 0.2) is 11.5 Å². The molecule has 0 saturated carbocycles. The molecule has 0 aliphatic carbocycles. The Labute approximate surface area is 162 Å². The van der Waals surface area contributed by atoms with Gasteiger partial charge in [0.1, 0.15) is 12.9 Å². The van der Waals surface area contributed by atoms with Gasteiger partial charge in [0.25, 0.3) is 0 Å². The summed E-state index contributed by atoms with van der Waals surface area (Å²) in [6.07, 6.45) is 1.75. The zero-order chi connectivity index (χ0) is 19.8. The molecule has 9 heteroatoms. The molecule has 1 amide bonds. The molecular weight excluding hydrogens is 362 g/mol. The molecule has 0 aliphatic rings. The van der Waals surface area contributed by atoms with Gasteiger partial charge in [0.05, 0.1) is 25.8 Å². The summed E-state index contributed by atoms with van der Waals surface area (Å²) in [5.74, 6) is 0.999. The Morgan fingerprint density at radius 2 is 1.89 bits per heavy atom. The Morgan fingerprint density at radius 1 is 1.07 bits per heavy atom. The Balaban J connectivity index is 1.61. The van der Waals surface area contributed by atoms with Gasteiger partial charge < -0.3 is 19.5 Å². The van der Waals surface area contributed by atoms with Crippen molar-refractivity contribution in [2.75, 3.05) is 32.8 Å². The number of carbonyl (C=O) groups excluding carboxylic acids is 1. The van der Waals surface area contributed by atoms with Crippen LogP contribution in [0.3, 0.4) is 0 Å². The Hall–Kier alpha value is -3.46. The maximum Gasteiger partial charge on any atom is 0.228 e. The molecule has 2 aromatic carbocycles. The number of hydrogen-bond acceptors (Lipinski definition) is 7. The highest BCUT2D eigenvalue weighted by molar-refractivity contribution is 5.92. The van der Waals surface area contributed by atoms with E-state index in [0.717, 1.165) is 11.3 Å². The second-order valence-corrected chi connectivity index (χ2v) is 5.85. The minimum atomic E-state index is -0.136. The van der Waals surface area contributed by atoms with Crippen LogP contribution in [0.2, 0.25) is 0 Å². The minimum absolute atomic E-state index is 0.136. The van der Waals surface area contributed by atoms with E-state index in [1.54, 1.807) is 37.1 Å². The second-order valence-electron chi connectivity index (χ2n) is 5.85. The normalized spacial score (nSPS) is 10.5. The number of hydrogen-bond donors (Lipinski definition) is 1. The number of benzene rings is 2. The zero-order valence-corrected chi connectivity index (χ0v) is 15.7. The largest absolute Gasteiger partial charge is 0.493 e. The Kier molecular flexibility index (Phi) is 6.53. The fourth-order valence-electron chi connectivity index (χ4n) is 2.54. The van der Waals surface area contributed by atoms with E-state index < -0.39 is 0 Å². The highest BCUT2D eigenvalue weighted by Crippen LogP contribution is 2.30. The maximum absolute atomic E-state index is 12.4. The van der Waals surface area contributed by atoms with Crippen molar-refractivity contribution in [3.8, 4) is 17.2 Å². The molecule has 0 fully saturated rings. The highest BCUT2D eigenvalue weighted by Gasteiger charge is 2.09. The number of amides is 1. The van der Waals surface area contributed by atoms with Crippen LogP contribution >= 0.6 is 0 Å². The number of aromatic nitrogens is 4. The third-order valence-corrected chi connectivity index (χ3v) is 3.91. The average Bonchev–Trinajstić information content (AvgIpc) is 3.24. The lowest BCUT2D eigenvalue weighted by molar-refractivity contribution is -0.115. The molecule has 0 atom stereocenters. The van der Waals surface area contributed by atoms with Crippen molar-refractivity contribution in [3.05, 3.63) is 54.4 Å². The van der Waals surface area contributed by atoms with E-state index >= 15 is 0 Å². The lowest BCUT2D eigenvalue weighted by atomic mass is 10.1. The summed E-state index contributed by atoms with van der Waals surface area (Å²) in [7, 11) is 3.17. The Morgan fingerprint density at radius 3 is 2.57 bits per heavy atom. The Bertz CT molecular complexity index is 897. The maximum atomic E-state index is 12.4. The first-order chi connectivity index (χ1) is 13.7. The van der Waals surface area contributed by atoms with Crippen molar-refractivity contribution in [2.24, 2.45) is 0 Å². The predicted molar refractivity (Wildman–Crippen MR) is 102 cm³/mol. The van der Waals surface area contributed by atoms with Gasteiger partial charge in [-0.1, -0.05) is 12.1 Å². The molecule has 0 saturated heterocycles. The van der Waals surface area contributed by atoms with E-state index in [1.807, 2.05) is 24.3 Å². The van der Waals surface area contributed by atoms with E-state index in [9.17, 15) is 4.79 Å². The van der Waals surface area contributed by atoms with Crippen LogP contribution in [0.25, 0.3) is 5.69 Å². The molecule has 146 valence electrons. The molecule has 3 rings (SSSR count). The van der Waals surface area contributed by atoms with Crippen molar-refractivity contribution in [1.29, 1.82) is 0 Å². The number of nitrogens with one attached hydrogen (secondary N) is 1. The minimum Gasteiger partial charge on any atom is -0.493 e. The lowest BCUT2D eigenvalue weighted by Crippen LogP contribution is -2.14. The van der Waals surface area contributed by atoms with Crippen LogP contribution in [0, 0.1) is 0 Å². The average molecular weight is 383 g/mol. The summed E-state index contributed by atoms with van der Waals surface area (Å²) < 4.78 is 17.4. The molecule has 3 aromatic rings. The van der Waals surface area contributed by atoms with Gasteiger partial charge in [0, 0.05) is 18.9 Å². The van der Waals surface area contributed by atoms with Crippen LogP contribution in [0.1, 0.15) is 5.56 Å². The molecule has 1 heterocycles. The molecule has 0 spiro atoms. The molecule has 1 aromatic heterocycles. The smallest absolute Gasteiger partial charge is 0.228 e. The highest BCUT2D eigenvalue weighted by atomic mass is 16.5. The molecule has 0 unspecified atom stereocenters. The van der Waals surface area contributed by atoms with Crippen LogP contribution in [0.5, 0.6) is 11.5 Å². The van der Waals surface area contributed by atoms with Crippen LogP contribution in [-0.2, 0) is 16.0 Å². The molecule has 1 N–H and O–H groups in total. The second kappa shape index (κ2) is 9.47. The van der Waals surface area contributed by atoms with Crippen molar-refractivity contribution < 1.29 is 19.0 Å². The number of carbonyl (C=O) groups is 1. The molecular formula is C19H21N5O4. The van der Waals surface area contributed by atoms with Crippen LogP contribution < -0.4 is 14.8 Å². The van der Waals surface area contributed by atoms with Gasteiger partial charge in [-0.05, 0) is 40.3 Å². The third-order valence-electron chi connectivity index (χ3n) is 3.91. The first-order valence-corrected chi connectivity index (χ1v) is 8.61. The molecule has 0 radical (unpaired) electrons. The van der Waals surface area contributed by atoms with Gasteiger partial charge in [-0.25, -0.2) is 4.68 Å². The SMILES string of the molecule is COCCOc1cc(NC(=O)Cc2ccc(-n3cnnn3)cc2)ccc1OC. The van der Waals surface area contributed by atoms with Crippen molar-refractivity contribution in [2.45, 2.75) is 6.42 Å². The molecule has 28 heavy (non-hydrogen) atoms. The predicted octanol–water partition coefficient (Wildman–Crippen LogP) is 1.88. The topological polar surface area (TPSA) is 100 Å². The number of nitrogens with zero attached hydrogens (tertiary/aromatic N) is 4. The van der Waals surface area contributed by atoms with E-state index in [0.29, 0.717) is 30.4 Å². The summed E-state index contributed by atoms with van der Waals surface area (Å²) in [6, 6.07) is 12.7. The fourth-order valence-corrected chi connectivity index (χ4v) is 2.54. The monoisotopic (exact) mass is 383 g/mol. The summed E-state index contributed by atoms with van der Waals surface area (Å²) >= 11 is 0. The first-order valence-electron chi connectivity index (χ1n) is 8.61. The number of rotatable bonds is 9. The first kappa shape index (κ1) is 19.3. The van der Waals surface area contributed by atoms with Gasteiger partial charge in [-0.15, -0.1) is 5.10 Å². The van der Waals surface area contributed by atoms with Crippen molar-refractivity contribution >= 4 is 11.6 Å².